The second kappa shape index (κ2) is 4.59. The fraction of sp³-hybridized carbons (Fsp3) is 0.375. The van der Waals surface area contributed by atoms with Gasteiger partial charge in [0.15, 0.2) is 15.0 Å². The van der Waals surface area contributed by atoms with Crippen molar-refractivity contribution < 1.29 is 14.7 Å². The van der Waals surface area contributed by atoms with Crippen LogP contribution in [0.2, 0.25) is 5.15 Å². The molecule has 0 atom stereocenters. The van der Waals surface area contributed by atoms with E-state index in [0.717, 1.165) is 11.3 Å². The zero-order valence-electron chi connectivity index (χ0n) is 8.07. The molecule has 0 aliphatic rings. The van der Waals surface area contributed by atoms with Gasteiger partial charge in [-0.3, -0.25) is 4.79 Å². The summed E-state index contributed by atoms with van der Waals surface area (Å²) in [5.41, 5.74) is 0. The first-order valence-corrected chi connectivity index (χ1v) is 5.31. The van der Waals surface area contributed by atoms with Crippen LogP contribution >= 0.6 is 22.9 Å². The van der Waals surface area contributed by atoms with Gasteiger partial charge in [-0.05, 0) is 13.8 Å². The number of nitrogens with zero attached hydrogens (tertiary/aromatic N) is 1. The first-order chi connectivity index (χ1) is 6.91. The number of carbonyl (C=O) groups is 2. The highest BCUT2D eigenvalue weighted by Gasteiger charge is 2.20. The van der Waals surface area contributed by atoms with Crippen LogP contribution in [-0.2, 0) is 0 Å². The van der Waals surface area contributed by atoms with Crippen LogP contribution in [-0.4, -0.2) is 28.0 Å². The van der Waals surface area contributed by atoms with Crippen molar-refractivity contribution in [2.45, 2.75) is 19.9 Å². The molecule has 0 aliphatic carbocycles. The number of carbonyl (C=O) groups excluding carboxylic acids is 1. The molecule has 0 unspecified atom stereocenters. The molecule has 7 heteroatoms. The van der Waals surface area contributed by atoms with Crippen LogP contribution in [0.15, 0.2) is 0 Å². The second-order valence-corrected chi connectivity index (χ2v) is 4.43. The summed E-state index contributed by atoms with van der Waals surface area (Å²) in [7, 11) is 0. The molecule has 0 saturated carbocycles. The number of carboxylic acids is 1. The first-order valence-electron chi connectivity index (χ1n) is 4.12. The molecule has 0 aromatic carbocycles. The molecule has 2 N–H and O–H groups in total. The quantitative estimate of drug-likeness (QED) is 0.852. The van der Waals surface area contributed by atoms with Crippen molar-refractivity contribution in [1.29, 1.82) is 0 Å². The van der Waals surface area contributed by atoms with Gasteiger partial charge in [-0.1, -0.05) is 11.6 Å². The summed E-state index contributed by atoms with van der Waals surface area (Å²) >= 11 is 6.32. The van der Waals surface area contributed by atoms with Gasteiger partial charge in [0, 0.05) is 6.04 Å². The molecule has 1 amide bonds. The Bertz CT molecular complexity index is 403. The minimum atomic E-state index is -1.18. The molecule has 1 aromatic rings. The highest BCUT2D eigenvalue weighted by Crippen LogP contribution is 2.22. The smallest absolute Gasteiger partial charge is 0.349 e. The van der Waals surface area contributed by atoms with E-state index < -0.39 is 11.9 Å². The van der Waals surface area contributed by atoms with Crippen LogP contribution in [0.1, 0.15) is 33.3 Å². The van der Waals surface area contributed by atoms with Crippen LogP contribution in [0.5, 0.6) is 0 Å². The number of hydrogen-bond donors (Lipinski definition) is 2. The van der Waals surface area contributed by atoms with E-state index >= 15 is 0 Å². The zero-order chi connectivity index (χ0) is 11.6. The lowest BCUT2D eigenvalue weighted by Crippen LogP contribution is -2.29. The number of aromatic carboxylic acids is 1. The van der Waals surface area contributed by atoms with E-state index in [1.165, 1.54) is 0 Å². The summed E-state index contributed by atoms with van der Waals surface area (Å²) in [6.45, 7) is 3.59. The van der Waals surface area contributed by atoms with Crippen LogP contribution in [0.3, 0.4) is 0 Å². The summed E-state index contributed by atoms with van der Waals surface area (Å²) in [4.78, 5) is 25.6. The van der Waals surface area contributed by atoms with E-state index in [1.807, 2.05) is 0 Å². The van der Waals surface area contributed by atoms with Gasteiger partial charge in [0.1, 0.15) is 0 Å². The number of halogens is 1. The Kier molecular flexibility index (Phi) is 3.65. The molecule has 82 valence electrons. The van der Waals surface area contributed by atoms with Gasteiger partial charge in [-0.15, -0.1) is 11.3 Å². The van der Waals surface area contributed by atoms with Gasteiger partial charge >= 0.3 is 5.97 Å². The van der Waals surface area contributed by atoms with E-state index in [9.17, 15) is 9.59 Å². The maximum absolute atomic E-state index is 11.4. The number of rotatable bonds is 3. The summed E-state index contributed by atoms with van der Waals surface area (Å²) in [6, 6.07) is -0.0338. The van der Waals surface area contributed by atoms with Gasteiger partial charge < -0.3 is 10.4 Å². The standard InChI is InChI=1S/C8H9ClN2O3S/c1-3(2)10-6(12)7-11-5(9)4(15-7)8(13)14/h3H,1-2H3,(H,10,12)(H,13,14). The van der Waals surface area contributed by atoms with E-state index in [0.29, 0.717) is 0 Å². The lowest BCUT2D eigenvalue weighted by atomic mass is 10.4. The molecule has 1 aromatic heterocycles. The Morgan fingerprint density at radius 2 is 2.13 bits per heavy atom. The molecule has 15 heavy (non-hydrogen) atoms. The molecule has 5 nitrogen and oxygen atoms in total. The third-order valence-corrected chi connectivity index (χ3v) is 2.82. The van der Waals surface area contributed by atoms with Gasteiger partial charge in [-0.25, -0.2) is 9.78 Å². The Balaban J connectivity index is 2.92. The molecule has 0 bridgehead atoms. The molecule has 0 saturated heterocycles. The maximum atomic E-state index is 11.4. The van der Waals surface area contributed by atoms with Crippen molar-refractivity contribution in [1.82, 2.24) is 10.3 Å². The van der Waals surface area contributed by atoms with Crippen LogP contribution in [0.25, 0.3) is 0 Å². The van der Waals surface area contributed by atoms with Gasteiger partial charge in [-0.2, -0.15) is 0 Å². The lowest BCUT2D eigenvalue weighted by Gasteiger charge is -2.04. The molecule has 1 heterocycles. The van der Waals surface area contributed by atoms with Crippen molar-refractivity contribution in [3.63, 3.8) is 0 Å². The van der Waals surface area contributed by atoms with Crippen molar-refractivity contribution in [2.24, 2.45) is 0 Å². The van der Waals surface area contributed by atoms with Gasteiger partial charge in [0.05, 0.1) is 0 Å². The Labute approximate surface area is 95.1 Å². The SMILES string of the molecule is CC(C)NC(=O)c1nc(Cl)c(C(=O)O)s1. The fourth-order valence-electron chi connectivity index (χ4n) is 0.854. The maximum Gasteiger partial charge on any atom is 0.349 e. The normalized spacial score (nSPS) is 10.4. The number of carboxylic acid groups (broad SMARTS) is 1. The Hall–Kier alpha value is -1.14. The number of nitrogens with one attached hydrogen (secondary N) is 1. The topological polar surface area (TPSA) is 79.3 Å². The number of hydrogen-bond acceptors (Lipinski definition) is 4. The molecular weight excluding hydrogens is 240 g/mol. The average molecular weight is 249 g/mol. The highest BCUT2D eigenvalue weighted by molar-refractivity contribution is 7.16. The van der Waals surface area contributed by atoms with Crippen molar-refractivity contribution in [3.8, 4) is 0 Å². The summed E-state index contributed by atoms with van der Waals surface area (Å²) in [5, 5.41) is 11.2. The van der Waals surface area contributed by atoms with Crippen molar-refractivity contribution in [3.05, 3.63) is 15.0 Å². The number of thiazole rings is 1. The molecule has 0 aliphatic heterocycles. The second-order valence-electron chi connectivity index (χ2n) is 3.07. The predicted octanol–water partition coefficient (Wildman–Crippen LogP) is 1.63. The summed E-state index contributed by atoms with van der Waals surface area (Å²) in [5.74, 6) is -1.59. The van der Waals surface area contributed by atoms with Crippen LogP contribution < -0.4 is 5.32 Å². The number of amides is 1. The molecular formula is C8H9ClN2O3S. The van der Waals surface area contributed by atoms with Gasteiger partial charge in [0.25, 0.3) is 5.91 Å². The number of aromatic nitrogens is 1. The monoisotopic (exact) mass is 248 g/mol. The summed E-state index contributed by atoms with van der Waals surface area (Å²) in [6.07, 6.45) is 0. The molecule has 1 rings (SSSR count). The predicted molar refractivity (Wildman–Crippen MR) is 56.7 cm³/mol. The van der Waals surface area contributed by atoms with Crippen LogP contribution in [0, 0.1) is 0 Å². The zero-order valence-corrected chi connectivity index (χ0v) is 9.65. The van der Waals surface area contributed by atoms with E-state index in [4.69, 9.17) is 16.7 Å². The minimum absolute atomic E-state index is 0.0338. The van der Waals surface area contributed by atoms with E-state index in [2.05, 4.69) is 10.3 Å². The minimum Gasteiger partial charge on any atom is -0.477 e. The van der Waals surface area contributed by atoms with Crippen LogP contribution in [0.4, 0.5) is 0 Å². The lowest BCUT2D eigenvalue weighted by molar-refractivity contribution is 0.0702. The fourth-order valence-corrected chi connectivity index (χ4v) is 1.88. The average Bonchev–Trinajstić information content (AvgIpc) is 2.46. The highest BCUT2D eigenvalue weighted by atomic mass is 35.5. The van der Waals surface area contributed by atoms with Crippen molar-refractivity contribution in [2.75, 3.05) is 0 Å². The third kappa shape index (κ3) is 2.90. The Morgan fingerprint density at radius 1 is 1.53 bits per heavy atom. The van der Waals surface area contributed by atoms with Gasteiger partial charge in [0.2, 0.25) is 0 Å². The van der Waals surface area contributed by atoms with E-state index in [-0.39, 0.29) is 21.1 Å². The Morgan fingerprint density at radius 3 is 2.53 bits per heavy atom. The first kappa shape index (κ1) is 11.9. The molecule has 0 fully saturated rings. The largest absolute Gasteiger partial charge is 0.477 e. The molecule has 0 spiro atoms. The summed E-state index contributed by atoms with van der Waals surface area (Å²) < 4.78 is 0. The molecule has 0 radical (unpaired) electrons. The third-order valence-electron chi connectivity index (χ3n) is 1.39. The van der Waals surface area contributed by atoms with E-state index in [1.54, 1.807) is 13.8 Å². The van der Waals surface area contributed by atoms with Crippen molar-refractivity contribution >= 4 is 34.8 Å².